The molecule has 2 aliphatic heterocycles. The Morgan fingerprint density at radius 2 is 1.73 bits per heavy atom. The molecular weight excluding hydrogens is 392 g/mol. The third kappa shape index (κ3) is 4.32. The molecule has 0 saturated heterocycles. The largest absolute Gasteiger partial charge is 0.257 e. The van der Waals surface area contributed by atoms with Gasteiger partial charge >= 0.3 is 0 Å². The van der Waals surface area contributed by atoms with Crippen LogP contribution >= 0.6 is 0 Å². The molecule has 0 N–H and O–H groups in total. The van der Waals surface area contributed by atoms with Gasteiger partial charge in [0.1, 0.15) is 0 Å². The Morgan fingerprint density at radius 1 is 1.00 bits per heavy atom. The molecule has 0 amide bonds. The molecule has 156 valence electrons. The zero-order valence-electron chi connectivity index (χ0n) is 17.6. The molecule has 2 heterocycles. The highest BCUT2D eigenvalue weighted by Gasteiger charge is 2.33. The lowest BCUT2D eigenvalue weighted by Gasteiger charge is -2.18. The topological polar surface area (TPSA) is 49.7 Å². The quantitative estimate of drug-likeness (QED) is 0.631. The number of sulfonamides is 1. The molecule has 0 atom stereocenters. The van der Waals surface area contributed by atoms with Crippen molar-refractivity contribution in [2.75, 3.05) is 13.1 Å². The van der Waals surface area contributed by atoms with Crippen molar-refractivity contribution in [2.45, 2.75) is 44.4 Å². The first-order valence-corrected chi connectivity index (χ1v) is 12.0. The minimum Gasteiger partial charge on any atom is -0.257 e. The Bertz CT molecular complexity index is 1110. The van der Waals surface area contributed by atoms with Crippen LogP contribution in [0.2, 0.25) is 0 Å². The number of nitrogens with zero attached hydrogens (tertiary/aromatic N) is 2. The summed E-state index contributed by atoms with van der Waals surface area (Å²) in [5, 5.41) is 0. The van der Waals surface area contributed by atoms with Gasteiger partial charge in [0, 0.05) is 30.8 Å². The number of aryl methyl sites for hydroxylation is 1. The molecule has 4 nitrogen and oxygen atoms in total. The monoisotopic (exact) mass is 420 g/mol. The zero-order valence-corrected chi connectivity index (χ0v) is 18.5. The number of rotatable bonds is 6. The van der Waals surface area contributed by atoms with Crippen LogP contribution in [0.1, 0.15) is 43.7 Å². The first kappa shape index (κ1) is 20.8. The van der Waals surface area contributed by atoms with E-state index in [1.165, 1.54) is 5.57 Å². The summed E-state index contributed by atoms with van der Waals surface area (Å²) < 4.78 is 28.1. The summed E-state index contributed by atoms with van der Waals surface area (Å²) in [5.41, 5.74) is 6.45. The van der Waals surface area contributed by atoms with Gasteiger partial charge in [-0.15, -0.1) is 0 Å². The minimum atomic E-state index is -3.52. The molecule has 0 aromatic heterocycles. The normalized spacial score (nSPS) is 17.4. The minimum absolute atomic E-state index is 0.359. The average molecular weight is 421 g/mol. The number of hydrogen-bond donors (Lipinski definition) is 0. The van der Waals surface area contributed by atoms with Crippen molar-refractivity contribution in [3.8, 4) is 0 Å². The van der Waals surface area contributed by atoms with Gasteiger partial charge in [-0.05, 0) is 49.1 Å². The second-order valence-corrected chi connectivity index (χ2v) is 10.0. The maximum atomic E-state index is 13.2. The lowest BCUT2D eigenvalue weighted by atomic mass is 10.0. The van der Waals surface area contributed by atoms with Crippen molar-refractivity contribution >= 4 is 21.4 Å². The molecule has 2 aliphatic rings. The van der Waals surface area contributed by atoms with Crippen molar-refractivity contribution in [1.29, 1.82) is 0 Å². The van der Waals surface area contributed by atoms with Gasteiger partial charge in [0.15, 0.2) is 0 Å². The van der Waals surface area contributed by atoms with Gasteiger partial charge < -0.3 is 0 Å². The standard InChI is InChI=1S/C25H28N2O2S/c1-3-4-10-23-15-21-17-27(30(28,29)24-13-11-19(2)12-14-24)18-22(21)16-25(26-23)20-8-6-5-7-9-20/h5-9,11-14,16H,3-4,10,15,17-18H2,1-2H3. The van der Waals surface area contributed by atoms with E-state index < -0.39 is 10.0 Å². The van der Waals surface area contributed by atoms with Gasteiger partial charge in [-0.3, -0.25) is 4.99 Å². The average Bonchev–Trinajstić information content (AvgIpc) is 3.07. The molecule has 0 aliphatic carbocycles. The SMILES string of the molecule is CCCCC1=NC(c2ccccc2)=CC2=C(C1)CN(S(=O)(=O)c1ccc(C)cc1)C2. The van der Waals surface area contributed by atoms with Crippen LogP contribution in [-0.2, 0) is 10.0 Å². The molecule has 0 spiro atoms. The molecule has 0 saturated carbocycles. The van der Waals surface area contributed by atoms with Gasteiger partial charge in [-0.1, -0.05) is 61.4 Å². The van der Waals surface area contributed by atoms with E-state index in [0.29, 0.717) is 18.0 Å². The summed E-state index contributed by atoms with van der Waals surface area (Å²) in [7, 11) is -3.52. The lowest BCUT2D eigenvalue weighted by Crippen LogP contribution is -2.30. The Balaban J connectivity index is 1.65. The third-order valence-corrected chi connectivity index (χ3v) is 7.53. The maximum Gasteiger partial charge on any atom is 0.243 e. The molecule has 0 bridgehead atoms. The second kappa shape index (κ2) is 8.70. The highest BCUT2D eigenvalue weighted by Crippen LogP contribution is 2.33. The molecule has 2 aromatic rings. The first-order chi connectivity index (χ1) is 14.5. The van der Waals surface area contributed by atoms with Gasteiger partial charge in [-0.25, -0.2) is 8.42 Å². The van der Waals surface area contributed by atoms with Crippen molar-refractivity contribution in [3.63, 3.8) is 0 Å². The summed E-state index contributed by atoms with van der Waals surface area (Å²) in [6.07, 6.45) is 6.00. The fraction of sp³-hybridized carbons (Fsp3) is 0.320. The van der Waals surface area contributed by atoms with Crippen LogP contribution in [-0.4, -0.2) is 31.5 Å². The van der Waals surface area contributed by atoms with Crippen LogP contribution < -0.4 is 0 Å². The highest BCUT2D eigenvalue weighted by molar-refractivity contribution is 7.89. The second-order valence-electron chi connectivity index (χ2n) is 8.07. The molecule has 0 unspecified atom stereocenters. The molecule has 30 heavy (non-hydrogen) atoms. The van der Waals surface area contributed by atoms with E-state index >= 15 is 0 Å². The van der Waals surface area contributed by atoms with Crippen molar-refractivity contribution in [3.05, 3.63) is 82.9 Å². The van der Waals surface area contributed by atoms with Crippen molar-refractivity contribution < 1.29 is 8.42 Å². The fourth-order valence-electron chi connectivity index (χ4n) is 3.95. The molecule has 0 fully saturated rings. The number of aliphatic imine (C=N–C) groups is 1. The molecule has 4 rings (SSSR count). The van der Waals surface area contributed by atoms with Gasteiger partial charge in [0.25, 0.3) is 0 Å². The molecule has 5 heteroatoms. The summed E-state index contributed by atoms with van der Waals surface area (Å²) >= 11 is 0. The van der Waals surface area contributed by atoms with Crippen LogP contribution in [0.3, 0.4) is 0 Å². The van der Waals surface area contributed by atoms with Gasteiger partial charge in [-0.2, -0.15) is 4.31 Å². The van der Waals surface area contributed by atoms with E-state index in [1.54, 1.807) is 16.4 Å². The molecular formula is C25H28N2O2S. The summed E-state index contributed by atoms with van der Waals surface area (Å²) in [6.45, 7) is 4.98. The Kier molecular flexibility index (Phi) is 6.02. The third-order valence-electron chi connectivity index (χ3n) is 5.72. The van der Waals surface area contributed by atoms with Gasteiger partial charge in [0.2, 0.25) is 10.0 Å². The number of benzene rings is 2. The smallest absolute Gasteiger partial charge is 0.243 e. The van der Waals surface area contributed by atoms with E-state index in [2.05, 4.69) is 25.1 Å². The zero-order chi connectivity index (χ0) is 21.1. The van der Waals surface area contributed by atoms with Crippen molar-refractivity contribution in [2.24, 2.45) is 4.99 Å². The van der Waals surface area contributed by atoms with E-state index in [0.717, 1.165) is 53.8 Å². The molecule has 2 aromatic carbocycles. The Morgan fingerprint density at radius 3 is 2.43 bits per heavy atom. The van der Waals surface area contributed by atoms with Crippen LogP contribution in [0.4, 0.5) is 0 Å². The van der Waals surface area contributed by atoms with E-state index in [-0.39, 0.29) is 0 Å². The summed E-state index contributed by atoms with van der Waals surface area (Å²) in [4.78, 5) is 5.35. The predicted molar refractivity (Wildman–Crippen MR) is 123 cm³/mol. The van der Waals surface area contributed by atoms with Crippen molar-refractivity contribution in [1.82, 2.24) is 4.31 Å². The number of hydrogen-bond acceptors (Lipinski definition) is 3. The summed E-state index contributed by atoms with van der Waals surface area (Å²) in [6, 6.07) is 17.3. The maximum absolute atomic E-state index is 13.2. The Labute approximate surface area is 179 Å². The number of unbranched alkanes of at least 4 members (excludes halogenated alkanes) is 1. The lowest BCUT2D eigenvalue weighted by molar-refractivity contribution is 0.481. The fourth-order valence-corrected chi connectivity index (χ4v) is 5.37. The van der Waals surface area contributed by atoms with Gasteiger partial charge in [0.05, 0.1) is 10.6 Å². The molecule has 0 radical (unpaired) electrons. The van der Waals surface area contributed by atoms with Crippen LogP contribution in [0.25, 0.3) is 5.70 Å². The first-order valence-electron chi connectivity index (χ1n) is 10.6. The Hall–Kier alpha value is -2.50. The van der Waals surface area contributed by atoms with E-state index in [4.69, 9.17) is 4.99 Å². The van der Waals surface area contributed by atoms with E-state index in [9.17, 15) is 8.42 Å². The van der Waals surface area contributed by atoms with Crippen LogP contribution in [0.5, 0.6) is 0 Å². The van der Waals surface area contributed by atoms with Crippen LogP contribution in [0.15, 0.2) is 81.7 Å². The predicted octanol–water partition coefficient (Wildman–Crippen LogP) is 5.37. The highest BCUT2D eigenvalue weighted by atomic mass is 32.2. The van der Waals surface area contributed by atoms with Crippen LogP contribution in [0, 0.1) is 6.92 Å². The summed E-state index contributed by atoms with van der Waals surface area (Å²) in [5.74, 6) is 0. The van der Waals surface area contributed by atoms with E-state index in [1.807, 2.05) is 37.3 Å².